The molecule has 1 aromatic rings. The van der Waals surface area contributed by atoms with Crippen molar-refractivity contribution in [1.29, 1.82) is 0 Å². The molecule has 0 spiro atoms. The smallest absolute Gasteiger partial charge is 0.251 e. The van der Waals surface area contributed by atoms with Gasteiger partial charge in [-0.3, -0.25) is 4.79 Å². The molecule has 4 nitrogen and oxygen atoms in total. The summed E-state index contributed by atoms with van der Waals surface area (Å²) < 4.78 is 21.8. The molecule has 0 fully saturated rings. The van der Waals surface area contributed by atoms with Crippen LogP contribution in [0.25, 0.3) is 0 Å². The fourth-order valence-electron chi connectivity index (χ4n) is 1.20. The summed E-state index contributed by atoms with van der Waals surface area (Å²) in [6.07, 6.45) is 1.14. The van der Waals surface area contributed by atoms with E-state index in [9.17, 15) is 13.2 Å². The average Bonchev–Trinajstić information content (AvgIpc) is 2.27. The second-order valence-electron chi connectivity index (χ2n) is 3.72. The van der Waals surface area contributed by atoms with E-state index in [-0.39, 0.29) is 18.2 Å². The lowest BCUT2D eigenvalue weighted by Crippen LogP contribution is -2.28. The number of amides is 1. The zero-order valence-corrected chi connectivity index (χ0v) is 11.8. The number of benzene rings is 1. The Kier molecular flexibility index (Phi) is 5.14. The summed E-state index contributed by atoms with van der Waals surface area (Å²) in [5, 5.41) is 3.30. The van der Waals surface area contributed by atoms with Crippen LogP contribution in [-0.2, 0) is 15.2 Å². The predicted octanol–water partition coefficient (Wildman–Crippen LogP) is 1.36. The lowest BCUT2D eigenvalue weighted by Gasteiger charge is -2.04. The van der Waals surface area contributed by atoms with Gasteiger partial charge < -0.3 is 5.32 Å². The van der Waals surface area contributed by atoms with Gasteiger partial charge in [-0.05, 0) is 17.7 Å². The van der Waals surface area contributed by atoms with Crippen LogP contribution in [0.3, 0.4) is 0 Å². The first-order valence-electron chi connectivity index (χ1n) is 5.03. The maximum atomic E-state index is 11.6. The highest BCUT2D eigenvalue weighted by Gasteiger charge is 2.06. The van der Waals surface area contributed by atoms with Crippen molar-refractivity contribution in [2.24, 2.45) is 0 Å². The number of rotatable bonds is 5. The Labute approximate surface area is 109 Å². The van der Waals surface area contributed by atoms with Crippen LogP contribution in [0.2, 0.25) is 0 Å². The Morgan fingerprint density at radius 3 is 2.35 bits per heavy atom. The van der Waals surface area contributed by atoms with Crippen LogP contribution in [-0.4, -0.2) is 32.9 Å². The van der Waals surface area contributed by atoms with E-state index in [1.807, 2.05) is 12.1 Å². The number of hydrogen-bond donors (Lipinski definition) is 1. The van der Waals surface area contributed by atoms with Crippen molar-refractivity contribution >= 4 is 31.7 Å². The molecular weight excluding hydrogens is 306 g/mol. The molecule has 0 aliphatic carbocycles. The lowest BCUT2D eigenvalue weighted by molar-refractivity contribution is 0.0956. The van der Waals surface area contributed by atoms with Crippen molar-refractivity contribution in [3.8, 4) is 0 Å². The quantitative estimate of drug-likeness (QED) is 0.833. The van der Waals surface area contributed by atoms with E-state index in [2.05, 4.69) is 21.2 Å². The Balaban J connectivity index is 2.52. The van der Waals surface area contributed by atoms with E-state index in [4.69, 9.17) is 0 Å². The molecule has 1 rings (SSSR count). The first kappa shape index (κ1) is 14.2. The molecule has 6 heteroatoms. The predicted molar refractivity (Wildman–Crippen MR) is 71.1 cm³/mol. The molecule has 1 amide bonds. The molecule has 0 aliphatic rings. The Morgan fingerprint density at radius 2 is 1.88 bits per heavy atom. The maximum absolute atomic E-state index is 11.6. The fraction of sp³-hybridized carbons (Fsp3) is 0.364. The number of hydrogen-bond acceptors (Lipinski definition) is 3. The summed E-state index contributed by atoms with van der Waals surface area (Å²) in [5.41, 5.74) is 1.61. The SMILES string of the molecule is CS(=O)(=O)CCNC(=O)c1ccc(CBr)cc1. The Morgan fingerprint density at radius 1 is 1.29 bits per heavy atom. The van der Waals surface area contributed by atoms with Crippen LogP contribution in [0.1, 0.15) is 15.9 Å². The van der Waals surface area contributed by atoms with Gasteiger partial charge in [-0.25, -0.2) is 8.42 Å². The van der Waals surface area contributed by atoms with Crippen LogP contribution in [0.4, 0.5) is 0 Å². The number of nitrogens with one attached hydrogen (secondary N) is 1. The molecule has 0 aromatic heterocycles. The topological polar surface area (TPSA) is 63.2 Å². The molecule has 0 unspecified atom stereocenters. The van der Waals surface area contributed by atoms with Gasteiger partial charge in [0.2, 0.25) is 0 Å². The normalized spacial score (nSPS) is 11.2. The van der Waals surface area contributed by atoms with Crippen molar-refractivity contribution in [2.75, 3.05) is 18.6 Å². The molecule has 0 bridgehead atoms. The van der Waals surface area contributed by atoms with Gasteiger partial charge in [0, 0.05) is 23.7 Å². The summed E-state index contributed by atoms with van der Waals surface area (Å²) in [5.74, 6) is -0.298. The minimum Gasteiger partial charge on any atom is -0.351 e. The largest absolute Gasteiger partial charge is 0.351 e. The number of halogens is 1. The number of carbonyl (C=O) groups excluding carboxylic acids is 1. The van der Waals surface area contributed by atoms with E-state index >= 15 is 0 Å². The summed E-state index contributed by atoms with van der Waals surface area (Å²) >= 11 is 3.32. The van der Waals surface area contributed by atoms with Crippen molar-refractivity contribution in [2.45, 2.75) is 5.33 Å². The first-order valence-corrected chi connectivity index (χ1v) is 8.21. The van der Waals surface area contributed by atoms with Gasteiger partial charge in [-0.15, -0.1) is 0 Å². The van der Waals surface area contributed by atoms with E-state index in [1.165, 1.54) is 0 Å². The third kappa shape index (κ3) is 5.32. The molecule has 1 N–H and O–H groups in total. The fourth-order valence-corrected chi connectivity index (χ4v) is 2.04. The van der Waals surface area contributed by atoms with Crippen LogP contribution >= 0.6 is 15.9 Å². The van der Waals surface area contributed by atoms with Crippen molar-refractivity contribution in [3.63, 3.8) is 0 Å². The Hall–Kier alpha value is -0.880. The van der Waals surface area contributed by atoms with Gasteiger partial charge in [0.15, 0.2) is 0 Å². The zero-order chi connectivity index (χ0) is 12.9. The van der Waals surface area contributed by atoms with E-state index < -0.39 is 9.84 Å². The summed E-state index contributed by atoms with van der Waals surface area (Å²) in [4.78, 5) is 11.6. The highest BCUT2D eigenvalue weighted by Crippen LogP contribution is 2.07. The Bertz CT molecular complexity index is 482. The maximum Gasteiger partial charge on any atom is 0.251 e. The summed E-state index contributed by atoms with van der Waals surface area (Å²) in [7, 11) is -3.03. The molecule has 1 aromatic carbocycles. The highest BCUT2D eigenvalue weighted by molar-refractivity contribution is 9.08. The number of sulfone groups is 1. The molecule has 0 aliphatic heterocycles. The standard InChI is InChI=1S/C11H14BrNO3S/c1-17(15,16)7-6-13-11(14)10-4-2-9(8-12)3-5-10/h2-5H,6-8H2,1H3,(H,13,14). The number of alkyl halides is 1. The van der Waals surface area contributed by atoms with Gasteiger partial charge in [0.25, 0.3) is 5.91 Å². The van der Waals surface area contributed by atoms with Gasteiger partial charge in [0.05, 0.1) is 5.75 Å². The lowest BCUT2D eigenvalue weighted by atomic mass is 10.1. The minimum absolute atomic E-state index is 0.0434. The molecule has 0 saturated heterocycles. The minimum atomic E-state index is -3.03. The van der Waals surface area contributed by atoms with Gasteiger partial charge in [-0.1, -0.05) is 28.1 Å². The van der Waals surface area contributed by atoms with E-state index in [0.29, 0.717) is 5.56 Å². The van der Waals surface area contributed by atoms with Gasteiger partial charge in [0.1, 0.15) is 9.84 Å². The highest BCUT2D eigenvalue weighted by atomic mass is 79.9. The van der Waals surface area contributed by atoms with Crippen LogP contribution < -0.4 is 5.32 Å². The molecule has 0 saturated carbocycles. The van der Waals surface area contributed by atoms with Crippen molar-refractivity contribution in [3.05, 3.63) is 35.4 Å². The molecule has 0 atom stereocenters. The second kappa shape index (κ2) is 6.16. The second-order valence-corrected chi connectivity index (χ2v) is 6.54. The molecule has 0 heterocycles. The molecule has 0 radical (unpaired) electrons. The number of carbonyl (C=O) groups is 1. The van der Waals surface area contributed by atoms with E-state index in [1.54, 1.807) is 12.1 Å². The van der Waals surface area contributed by atoms with Crippen molar-refractivity contribution < 1.29 is 13.2 Å². The third-order valence-corrected chi connectivity index (χ3v) is 3.72. The van der Waals surface area contributed by atoms with Crippen LogP contribution in [0, 0.1) is 0 Å². The van der Waals surface area contributed by atoms with Gasteiger partial charge >= 0.3 is 0 Å². The average molecular weight is 320 g/mol. The summed E-state index contributed by atoms with van der Waals surface area (Å²) in [6, 6.07) is 7.12. The molecule has 94 valence electrons. The van der Waals surface area contributed by atoms with Crippen LogP contribution in [0.5, 0.6) is 0 Å². The first-order chi connectivity index (χ1) is 7.92. The summed E-state index contributed by atoms with van der Waals surface area (Å²) in [6.45, 7) is 0.137. The third-order valence-electron chi connectivity index (χ3n) is 2.13. The zero-order valence-electron chi connectivity index (χ0n) is 9.44. The van der Waals surface area contributed by atoms with Crippen LogP contribution in [0.15, 0.2) is 24.3 Å². The van der Waals surface area contributed by atoms with Crippen molar-refractivity contribution in [1.82, 2.24) is 5.32 Å². The molecular formula is C11H14BrNO3S. The molecule has 17 heavy (non-hydrogen) atoms. The van der Waals surface area contributed by atoms with E-state index in [0.717, 1.165) is 17.1 Å². The van der Waals surface area contributed by atoms with Gasteiger partial charge in [-0.2, -0.15) is 0 Å². The monoisotopic (exact) mass is 319 g/mol.